The topological polar surface area (TPSA) is 81.3 Å². The summed E-state index contributed by atoms with van der Waals surface area (Å²) in [5.74, 6) is -0.234. The zero-order valence-corrected chi connectivity index (χ0v) is 21.6. The maximum Gasteiger partial charge on any atom is 0.253 e. The van der Waals surface area contributed by atoms with Gasteiger partial charge in [-0.25, -0.2) is 4.98 Å². The lowest BCUT2D eigenvalue weighted by molar-refractivity contribution is -0.111. The molecule has 0 bridgehead atoms. The Bertz CT molecular complexity index is 1500. The Morgan fingerprint density at radius 3 is 2.46 bits per heavy atom. The van der Waals surface area contributed by atoms with E-state index in [0.717, 1.165) is 59.5 Å². The quantitative estimate of drug-likeness (QED) is 0.351. The SMILES string of the molecule is C=CC(=O)Nc1cc(-c2c(-c3ccc(C(=O)N4CCN(C)CC4)cc3)[nH]c3nccc(Cl)c23)ccc1C. The lowest BCUT2D eigenvalue weighted by atomic mass is 9.96. The number of H-pyrrole nitrogens is 1. The maximum atomic E-state index is 13.0. The van der Waals surface area contributed by atoms with Crippen LogP contribution in [0, 0.1) is 6.92 Å². The summed E-state index contributed by atoms with van der Waals surface area (Å²) < 4.78 is 0. The predicted octanol–water partition coefficient (Wildman–Crippen LogP) is 5.37. The molecule has 188 valence electrons. The third kappa shape index (κ3) is 4.88. The van der Waals surface area contributed by atoms with Gasteiger partial charge in [0.2, 0.25) is 5.91 Å². The van der Waals surface area contributed by atoms with E-state index in [1.807, 2.05) is 54.3 Å². The Hall–Kier alpha value is -3.94. The molecule has 1 aliphatic heterocycles. The number of anilines is 1. The molecule has 1 saturated heterocycles. The molecule has 5 rings (SSSR count). The number of nitrogens with zero attached hydrogens (tertiary/aromatic N) is 3. The molecule has 2 aromatic carbocycles. The van der Waals surface area contributed by atoms with Gasteiger partial charge in [-0.1, -0.05) is 42.4 Å². The molecular formula is C29H28ClN5O2. The summed E-state index contributed by atoms with van der Waals surface area (Å²) in [6.07, 6.45) is 2.91. The number of aryl methyl sites for hydroxylation is 1. The summed E-state index contributed by atoms with van der Waals surface area (Å²) in [4.78, 5) is 37.1. The van der Waals surface area contributed by atoms with Crippen LogP contribution in [-0.2, 0) is 4.79 Å². The number of hydrogen-bond acceptors (Lipinski definition) is 4. The number of nitrogens with one attached hydrogen (secondary N) is 2. The first-order chi connectivity index (χ1) is 17.9. The first kappa shape index (κ1) is 24.7. The number of likely N-dealkylation sites (N-methyl/N-ethyl adjacent to an activating group) is 1. The average Bonchev–Trinajstić information content (AvgIpc) is 3.31. The van der Waals surface area contributed by atoms with Gasteiger partial charge >= 0.3 is 0 Å². The van der Waals surface area contributed by atoms with Crippen LogP contribution in [0.2, 0.25) is 5.02 Å². The number of carbonyl (C=O) groups excluding carboxylic acids is 2. The molecule has 1 aliphatic rings. The number of amides is 2. The lowest BCUT2D eigenvalue weighted by Crippen LogP contribution is -2.47. The molecule has 1 fully saturated rings. The van der Waals surface area contributed by atoms with Gasteiger partial charge < -0.3 is 20.1 Å². The van der Waals surface area contributed by atoms with Gasteiger partial charge in [0.05, 0.1) is 10.7 Å². The fourth-order valence-electron chi connectivity index (χ4n) is 4.65. The van der Waals surface area contributed by atoms with Crippen molar-refractivity contribution in [2.75, 3.05) is 38.5 Å². The van der Waals surface area contributed by atoms with E-state index in [1.54, 1.807) is 12.3 Å². The van der Waals surface area contributed by atoms with Crippen molar-refractivity contribution in [3.8, 4) is 22.4 Å². The number of halogens is 1. The molecule has 0 spiro atoms. The normalized spacial score (nSPS) is 14.1. The van der Waals surface area contributed by atoms with E-state index in [1.165, 1.54) is 6.08 Å². The number of aromatic nitrogens is 2. The molecule has 4 aromatic rings. The summed E-state index contributed by atoms with van der Waals surface area (Å²) in [6, 6.07) is 15.3. The fourth-order valence-corrected chi connectivity index (χ4v) is 4.89. The largest absolute Gasteiger partial charge is 0.339 e. The van der Waals surface area contributed by atoms with Crippen molar-refractivity contribution in [2.45, 2.75) is 6.92 Å². The molecule has 0 saturated carbocycles. The second kappa shape index (κ2) is 10.2. The summed E-state index contributed by atoms with van der Waals surface area (Å²) in [7, 11) is 2.07. The highest BCUT2D eigenvalue weighted by Crippen LogP contribution is 2.41. The van der Waals surface area contributed by atoms with Crippen LogP contribution in [0.1, 0.15) is 15.9 Å². The minimum atomic E-state index is -0.278. The van der Waals surface area contributed by atoms with E-state index in [2.05, 4.69) is 33.8 Å². The van der Waals surface area contributed by atoms with Crippen LogP contribution in [0.5, 0.6) is 0 Å². The van der Waals surface area contributed by atoms with Crippen LogP contribution in [0.4, 0.5) is 5.69 Å². The van der Waals surface area contributed by atoms with E-state index in [9.17, 15) is 9.59 Å². The molecule has 2 amide bonds. The van der Waals surface area contributed by atoms with Crippen LogP contribution in [-0.4, -0.2) is 64.8 Å². The molecule has 3 heterocycles. The van der Waals surface area contributed by atoms with Crippen molar-refractivity contribution in [1.82, 2.24) is 19.8 Å². The first-order valence-electron chi connectivity index (χ1n) is 12.1. The number of pyridine rings is 1. The smallest absolute Gasteiger partial charge is 0.253 e. The van der Waals surface area contributed by atoms with Crippen molar-refractivity contribution < 1.29 is 9.59 Å². The van der Waals surface area contributed by atoms with E-state index in [4.69, 9.17) is 11.6 Å². The zero-order chi connectivity index (χ0) is 26.1. The summed E-state index contributed by atoms with van der Waals surface area (Å²) in [6.45, 7) is 8.69. The van der Waals surface area contributed by atoms with Gasteiger partial charge in [0, 0.05) is 54.6 Å². The Balaban J connectivity index is 1.57. The van der Waals surface area contributed by atoms with E-state index < -0.39 is 0 Å². The van der Waals surface area contributed by atoms with E-state index >= 15 is 0 Å². The molecule has 2 aromatic heterocycles. The van der Waals surface area contributed by atoms with Crippen LogP contribution in [0.3, 0.4) is 0 Å². The van der Waals surface area contributed by atoms with Crippen molar-refractivity contribution >= 4 is 40.1 Å². The van der Waals surface area contributed by atoms with Gasteiger partial charge in [0.25, 0.3) is 5.91 Å². The minimum Gasteiger partial charge on any atom is -0.339 e. The molecule has 7 nitrogen and oxygen atoms in total. The Labute approximate surface area is 220 Å². The van der Waals surface area contributed by atoms with E-state index in [-0.39, 0.29) is 11.8 Å². The van der Waals surface area contributed by atoms with Gasteiger partial charge in [0.1, 0.15) is 5.65 Å². The summed E-state index contributed by atoms with van der Waals surface area (Å²) >= 11 is 6.66. The molecular weight excluding hydrogens is 486 g/mol. The molecule has 0 radical (unpaired) electrons. The average molecular weight is 514 g/mol. The van der Waals surface area contributed by atoms with Crippen molar-refractivity contribution in [2.24, 2.45) is 0 Å². The van der Waals surface area contributed by atoms with Gasteiger partial charge in [-0.15, -0.1) is 0 Å². The van der Waals surface area contributed by atoms with Crippen LogP contribution >= 0.6 is 11.6 Å². The number of hydrogen-bond donors (Lipinski definition) is 2. The zero-order valence-electron chi connectivity index (χ0n) is 20.8. The predicted molar refractivity (Wildman–Crippen MR) is 149 cm³/mol. The third-order valence-corrected chi connectivity index (χ3v) is 7.14. The number of rotatable bonds is 5. The van der Waals surface area contributed by atoms with Crippen LogP contribution < -0.4 is 5.32 Å². The van der Waals surface area contributed by atoms with Crippen LogP contribution in [0.25, 0.3) is 33.4 Å². The first-order valence-corrected chi connectivity index (χ1v) is 12.5. The van der Waals surface area contributed by atoms with Gasteiger partial charge in [-0.3, -0.25) is 9.59 Å². The fraction of sp³-hybridized carbons (Fsp3) is 0.207. The van der Waals surface area contributed by atoms with Crippen molar-refractivity contribution in [3.63, 3.8) is 0 Å². The molecule has 2 N–H and O–H groups in total. The molecule has 8 heteroatoms. The molecule has 0 aliphatic carbocycles. The number of carbonyl (C=O) groups is 2. The number of benzene rings is 2. The molecule has 0 atom stereocenters. The highest BCUT2D eigenvalue weighted by atomic mass is 35.5. The Morgan fingerprint density at radius 1 is 1.05 bits per heavy atom. The molecule has 37 heavy (non-hydrogen) atoms. The highest BCUT2D eigenvalue weighted by molar-refractivity contribution is 6.36. The standard InChI is InChI=1S/C29H28ClN5O2/c1-4-24(36)32-23-17-21(6-5-18(23)2)25-26-22(30)11-12-31-28(26)33-27(25)19-7-9-20(10-8-19)29(37)35-15-13-34(3)14-16-35/h4-12,17H,1,13-16H2,2-3H3,(H,31,33)(H,32,36). The lowest BCUT2D eigenvalue weighted by Gasteiger charge is -2.32. The number of piperazine rings is 1. The van der Waals surface area contributed by atoms with Crippen molar-refractivity contribution in [3.05, 3.63) is 83.5 Å². The molecule has 0 unspecified atom stereocenters. The Morgan fingerprint density at radius 2 is 1.76 bits per heavy atom. The van der Waals surface area contributed by atoms with Gasteiger partial charge in [-0.05, 0) is 61.0 Å². The summed E-state index contributed by atoms with van der Waals surface area (Å²) in [5, 5.41) is 4.24. The highest BCUT2D eigenvalue weighted by Gasteiger charge is 2.22. The van der Waals surface area contributed by atoms with E-state index in [0.29, 0.717) is 21.9 Å². The maximum absolute atomic E-state index is 13.0. The third-order valence-electron chi connectivity index (χ3n) is 6.82. The van der Waals surface area contributed by atoms with Crippen molar-refractivity contribution in [1.29, 1.82) is 0 Å². The minimum absolute atomic E-state index is 0.0439. The van der Waals surface area contributed by atoms with Crippen LogP contribution in [0.15, 0.2) is 67.4 Å². The van der Waals surface area contributed by atoms with Gasteiger partial charge in [-0.2, -0.15) is 0 Å². The number of fused-ring (bicyclic) bond motifs is 1. The van der Waals surface area contributed by atoms with Gasteiger partial charge in [0.15, 0.2) is 0 Å². The number of aromatic amines is 1. The second-order valence-electron chi connectivity index (χ2n) is 9.29. The summed E-state index contributed by atoms with van der Waals surface area (Å²) in [5.41, 5.74) is 6.42. The second-order valence-corrected chi connectivity index (χ2v) is 9.69. The monoisotopic (exact) mass is 513 g/mol. The Kier molecular flexibility index (Phi) is 6.82.